The Kier molecular flexibility index (Phi) is 5.31. The molecule has 0 saturated carbocycles. The van der Waals surface area contributed by atoms with Crippen LogP contribution in [0.3, 0.4) is 0 Å². The van der Waals surface area contributed by atoms with E-state index in [2.05, 4.69) is 45.2 Å². The molecule has 27 heavy (non-hydrogen) atoms. The maximum atomic E-state index is 12.9. The lowest BCUT2D eigenvalue weighted by Gasteiger charge is -2.10. The number of rotatable bonds is 6. The van der Waals surface area contributed by atoms with Crippen molar-refractivity contribution < 1.29 is 0 Å². The van der Waals surface area contributed by atoms with Gasteiger partial charge in [-0.1, -0.05) is 65.3 Å². The number of nitrogens with zero attached hydrogens (tertiary/aromatic N) is 4. The van der Waals surface area contributed by atoms with Gasteiger partial charge in [0.15, 0.2) is 5.16 Å². The number of hydrogen-bond donors (Lipinski definition) is 0. The van der Waals surface area contributed by atoms with Crippen molar-refractivity contribution in [3.05, 3.63) is 68.9 Å². The average molecular weight is 443 g/mol. The van der Waals surface area contributed by atoms with Crippen LogP contribution in [-0.4, -0.2) is 19.2 Å². The second-order valence-corrected chi connectivity index (χ2v) is 8.22. The number of para-hydroxylation sites is 1. The van der Waals surface area contributed by atoms with Crippen molar-refractivity contribution in [1.29, 1.82) is 0 Å². The first-order chi connectivity index (χ1) is 13.2. The number of thioether (sulfide) groups is 1. The van der Waals surface area contributed by atoms with Crippen LogP contribution in [0.25, 0.3) is 16.7 Å². The van der Waals surface area contributed by atoms with Crippen LogP contribution >= 0.6 is 27.7 Å². The number of halogens is 1. The lowest BCUT2D eigenvalue weighted by Crippen LogP contribution is -2.23. The molecule has 0 fully saturated rings. The number of unbranched alkanes of at least 4 members (excludes halogenated alkanes) is 1. The molecule has 5 nitrogen and oxygen atoms in total. The van der Waals surface area contributed by atoms with E-state index in [1.54, 1.807) is 16.3 Å². The molecule has 4 rings (SSSR count). The summed E-state index contributed by atoms with van der Waals surface area (Å²) in [4.78, 5) is 12.9. The minimum Gasteiger partial charge on any atom is -0.276 e. The van der Waals surface area contributed by atoms with Crippen molar-refractivity contribution in [1.82, 2.24) is 19.2 Å². The van der Waals surface area contributed by atoms with E-state index in [1.807, 2.05) is 40.8 Å². The van der Waals surface area contributed by atoms with Gasteiger partial charge in [-0.2, -0.15) is 0 Å². The number of aromatic nitrogens is 4. The third kappa shape index (κ3) is 3.53. The Hall–Kier alpha value is -2.12. The lowest BCUT2D eigenvalue weighted by molar-refractivity contribution is 0.620. The van der Waals surface area contributed by atoms with Crippen molar-refractivity contribution in [2.45, 2.75) is 37.2 Å². The van der Waals surface area contributed by atoms with Crippen molar-refractivity contribution >= 4 is 44.4 Å². The molecule has 0 unspecified atom stereocenters. The van der Waals surface area contributed by atoms with Gasteiger partial charge in [0.25, 0.3) is 5.56 Å². The highest BCUT2D eigenvalue weighted by Crippen LogP contribution is 2.25. The molecule has 0 amide bonds. The van der Waals surface area contributed by atoms with Gasteiger partial charge in [-0.25, -0.2) is 0 Å². The van der Waals surface area contributed by atoms with Crippen molar-refractivity contribution in [2.75, 3.05) is 0 Å². The zero-order chi connectivity index (χ0) is 18.8. The van der Waals surface area contributed by atoms with E-state index in [0.717, 1.165) is 33.7 Å². The first-order valence-electron chi connectivity index (χ1n) is 8.93. The van der Waals surface area contributed by atoms with E-state index >= 15 is 0 Å². The van der Waals surface area contributed by atoms with Gasteiger partial charge >= 0.3 is 0 Å². The molecule has 0 saturated heterocycles. The normalized spacial score (nSPS) is 11.5. The van der Waals surface area contributed by atoms with Gasteiger partial charge in [0.2, 0.25) is 5.78 Å². The maximum Gasteiger partial charge on any atom is 0.262 e. The van der Waals surface area contributed by atoms with Crippen LogP contribution in [0.1, 0.15) is 25.3 Å². The lowest BCUT2D eigenvalue weighted by atomic mass is 10.2. The molecule has 0 aliphatic heterocycles. The molecule has 0 aliphatic carbocycles. The van der Waals surface area contributed by atoms with Crippen LogP contribution in [-0.2, 0) is 12.3 Å². The third-order valence-corrected chi connectivity index (χ3v) is 5.96. The molecule has 7 heteroatoms. The fourth-order valence-electron chi connectivity index (χ4n) is 3.12. The summed E-state index contributed by atoms with van der Waals surface area (Å²) in [6.07, 6.45) is 1.95. The van der Waals surface area contributed by atoms with Crippen molar-refractivity contribution in [3.8, 4) is 0 Å². The first-order valence-corrected chi connectivity index (χ1v) is 10.7. The topological polar surface area (TPSA) is 52.2 Å². The highest BCUT2D eigenvalue weighted by molar-refractivity contribution is 9.10. The second kappa shape index (κ2) is 7.86. The summed E-state index contributed by atoms with van der Waals surface area (Å²) in [5.74, 6) is 1.40. The van der Waals surface area contributed by atoms with E-state index in [4.69, 9.17) is 0 Å². The summed E-state index contributed by atoms with van der Waals surface area (Å²) in [7, 11) is 0. The number of hydrogen-bond acceptors (Lipinski definition) is 4. The molecule has 2 aromatic carbocycles. The van der Waals surface area contributed by atoms with Gasteiger partial charge in [0.05, 0.1) is 10.9 Å². The SMILES string of the molecule is CCCCn1c(=O)c2ccccc2n2c(SCc3cccc(Br)c3)nnc12. The quantitative estimate of drug-likeness (QED) is 0.398. The Morgan fingerprint density at radius 1 is 1.11 bits per heavy atom. The van der Waals surface area contributed by atoms with Crippen LogP contribution in [0.4, 0.5) is 0 Å². The van der Waals surface area contributed by atoms with Crippen LogP contribution in [0.5, 0.6) is 0 Å². The van der Waals surface area contributed by atoms with Gasteiger partial charge in [-0.05, 0) is 36.2 Å². The minimum absolute atomic E-state index is 0.00231. The monoisotopic (exact) mass is 442 g/mol. The van der Waals surface area contributed by atoms with E-state index in [0.29, 0.717) is 17.7 Å². The summed E-state index contributed by atoms with van der Waals surface area (Å²) in [5.41, 5.74) is 2.06. The largest absolute Gasteiger partial charge is 0.276 e. The smallest absolute Gasteiger partial charge is 0.262 e. The molecule has 0 spiro atoms. The summed E-state index contributed by atoms with van der Waals surface area (Å²) in [5, 5.41) is 10.3. The van der Waals surface area contributed by atoms with Crippen LogP contribution in [0.2, 0.25) is 0 Å². The van der Waals surface area contributed by atoms with E-state index in [9.17, 15) is 4.79 Å². The molecule has 138 valence electrons. The summed E-state index contributed by atoms with van der Waals surface area (Å²) in [6, 6.07) is 15.9. The van der Waals surface area contributed by atoms with Crippen LogP contribution in [0.15, 0.2) is 63.0 Å². The van der Waals surface area contributed by atoms with Crippen molar-refractivity contribution in [2.24, 2.45) is 0 Å². The van der Waals surface area contributed by atoms with Gasteiger partial charge in [-0.3, -0.25) is 13.8 Å². The predicted octanol–water partition coefficient (Wildman–Crippen LogP) is 4.90. The second-order valence-electron chi connectivity index (χ2n) is 6.36. The Morgan fingerprint density at radius 2 is 1.96 bits per heavy atom. The highest BCUT2D eigenvalue weighted by atomic mass is 79.9. The molecule has 2 aromatic heterocycles. The Morgan fingerprint density at radius 3 is 2.78 bits per heavy atom. The Labute approximate surface area is 169 Å². The van der Waals surface area contributed by atoms with Crippen LogP contribution in [0, 0.1) is 0 Å². The first kappa shape index (κ1) is 18.3. The zero-order valence-corrected chi connectivity index (χ0v) is 17.3. The van der Waals surface area contributed by atoms with Gasteiger partial charge < -0.3 is 0 Å². The van der Waals surface area contributed by atoms with Gasteiger partial charge in [0, 0.05) is 16.8 Å². The summed E-state index contributed by atoms with van der Waals surface area (Å²) < 4.78 is 4.82. The molecule has 0 atom stereocenters. The van der Waals surface area contributed by atoms with Crippen LogP contribution < -0.4 is 5.56 Å². The fourth-order valence-corrected chi connectivity index (χ4v) is 4.45. The molecular weight excluding hydrogens is 424 g/mol. The van der Waals surface area contributed by atoms with Gasteiger partial charge in [0.1, 0.15) is 0 Å². The standard InChI is InChI=1S/C20H19BrN4OS/c1-2-3-11-24-18(26)16-9-4-5-10-17(16)25-19(24)22-23-20(25)27-13-14-7-6-8-15(21)12-14/h4-10,12H,2-3,11,13H2,1H3. The van der Waals surface area contributed by atoms with E-state index in [-0.39, 0.29) is 5.56 Å². The number of fused-ring (bicyclic) bond motifs is 3. The molecule has 2 heterocycles. The molecule has 0 bridgehead atoms. The average Bonchev–Trinajstić information content (AvgIpc) is 3.10. The Bertz CT molecular complexity index is 1170. The minimum atomic E-state index is 0.00231. The Balaban J connectivity index is 1.82. The number of aryl methyl sites for hydroxylation is 1. The number of benzene rings is 2. The maximum absolute atomic E-state index is 12.9. The molecule has 0 aliphatic rings. The molecule has 0 N–H and O–H groups in total. The summed E-state index contributed by atoms with van der Waals surface area (Å²) in [6.45, 7) is 2.77. The molecule has 4 aromatic rings. The molecular formula is C20H19BrN4OS. The van der Waals surface area contributed by atoms with E-state index in [1.165, 1.54) is 5.56 Å². The predicted molar refractivity (Wildman–Crippen MR) is 113 cm³/mol. The van der Waals surface area contributed by atoms with Crippen molar-refractivity contribution in [3.63, 3.8) is 0 Å². The fraction of sp³-hybridized carbons (Fsp3) is 0.250. The third-order valence-electron chi connectivity index (χ3n) is 4.47. The summed E-state index contributed by atoms with van der Waals surface area (Å²) >= 11 is 5.14. The van der Waals surface area contributed by atoms with Gasteiger partial charge in [-0.15, -0.1) is 10.2 Å². The highest BCUT2D eigenvalue weighted by Gasteiger charge is 2.16. The van der Waals surface area contributed by atoms with E-state index < -0.39 is 0 Å². The molecule has 0 radical (unpaired) electrons. The zero-order valence-electron chi connectivity index (χ0n) is 14.9.